The summed E-state index contributed by atoms with van der Waals surface area (Å²) in [6.07, 6.45) is 7.70. The van der Waals surface area contributed by atoms with E-state index in [-0.39, 0.29) is 0 Å². The van der Waals surface area contributed by atoms with Crippen molar-refractivity contribution in [2.75, 3.05) is 0 Å². The van der Waals surface area contributed by atoms with Crippen LogP contribution >= 0.6 is 0 Å². The molecule has 0 radical (unpaired) electrons. The Kier molecular flexibility index (Phi) is 3.68. The lowest BCUT2D eigenvalue weighted by atomic mass is 9.86. The fourth-order valence-corrected chi connectivity index (χ4v) is 3.40. The summed E-state index contributed by atoms with van der Waals surface area (Å²) >= 11 is 0. The maximum absolute atomic E-state index is 6.06. The normalized spacial score (nSPS) is 21.3. The molecule has 1 aliphatic rings. The summed E-state index contributed by atoms with van der Waals surface area (Å²) in [6.45, 7) is 1.98. The van der Waals surface area contributed by atoms with Gasteiger partial charge in [0.2, 0.25) is 0 Å². The van der Waals surface area contributed by atoms with E-state index in [1.165, 1.54) is 0 Å². The largest absolute Gasteiger partial charge is 0.328 e. The lowest BCUT2D eigenvalue weighted by Gasteiger charge is -2.25. The quantitative estimate of drug-likeness (QED) is 0.762. The minimum absolute atomic E-state index is 0.310. The number of aromatic amines is 1. The Labute approximate surface area is 140 Å². The topological polar surface area (TPSA) is 103 Å². The lowest BCUT2D eigenvalue weighted by Crippen LogP contribution is -2.27. The number of H-pyrrole nitrogens is 1. The minimum Gasteiger partial charge on any atom is -0.328 e. The van der Waals surface area contributed by atoms with Gasteiger partial charge in [-0.1, -0.05) is 0 Å². The summed E-state index contributed by atoms with van der Waals surface area (Å²) in [5.74, 6) is 2.97. The highest BCUT2D eigenvalue weighted by molar-refractivity contribution is 5.56. The zero-order chi connectivity index (χ0) is 16.7. The molecule has 0 amide bonds. The summed E-state index contributed by atoms with van der Waals surface area (Å²) in [6, 6.07) is 2.27. The standard InChI is InChI=1S/C16H22N8/c1-10-13(9-18-21-10)15-20-16(11-3-5-12(17)6-4-11)24(22-15)14-7-8-19-23(14)2/h7-9,11-12H,3-6,17H2,1-2H3,(H,18,21). The van der Waals surface area contributed by atoms with E-state index in [4.69, 9.17) is 15.8 Å². The second kappa shape index (κ2) is 5.86. The summed E-state index contributed by atoms with van der Waals surface area (Å²) in [5, 5.41) is 16.1. The number of nitrogens with zero attached hydrogens (tertiary/aromatic N) is 6. The highest BCUT2D eigenvalue weighted by Crippen LogP contribution is 2.33. The van der Waals surface area contributed by atoms with Crippen molar-refractivity contribution in [3.8, 4) is 17.2 Å². The third-order valence-electron chi connectivity index (χ3n) is 4.85. The van der Waals surface area contributed by atoms with E-state index in [2.05, 4.69) is 15.3 Å². The molecule has 24 heavy (non-hydrogen) atoms. The predicted octanol–water partition coefficient (Wildman–Crippen LogP) is 1.68. The molecule has 3 aromatic rings. The van der Waals surface area contributed by atoms with Crippen molar-refractivity contribution >= 4 is 0 Å². The molecule has 3 N–H and O–H groups in total. The van der Waals surface area contributed by atoms with Gasteiger partial charge >= 0.3 is 0 Å². The molecule has 126 valence electrons. The van der Waals surface area contributed by atoms with Crippen molar-refractivity contribution in [2.24, 2.45) is 12.8 Å². The van der Waals surface area contributed by atoms with E-state index >= 15 is 0 Å². The van der Waals surface area contributed by atoms with E-state index in [1.54, 1.807) is 12.4 Å². The van der Waals surface area contributed by atoms with Crippen LogP contribution in [0.4, 0.5) is 0 Å². The van der Waals surface area contributed by atoms with Crippen molar-refractivity contribution < 1.29 is 0 Å². The van der Waals surface area contributed by atoms with Crippen LogP contribution in [0.5, 0.6) is 0 Å². The minimum atomic E-state index is 0.310. The molecule has 0 saturated heterocycles. The molecule has 3 aromatic heterocycles. The van der Waals surface area contributed by atoms with Gasteiger partial charge in [-0.2, -0.15) is 14.9 Å². The smallest absolute Gasteiger partial charge is 0.185 e. The van der Waals surface area contributed by atoms with Crippen molar-refractivity contribution in [3.63, 3.8) is 0 Å². The van der Waals surface area contributed by atoms with Gasteiger partial charge in [0.1, 0.15) is 5.82 Å². The van der Waals surface area contributed by atoms with Crippen LogP contribution in [-0.2, 0) is 7.05 Å². The molecule has 1 saturated carbocycles. The van der Waals surface area contributed by atoms with Gasteiger partial charge in [0.25, 0.3) is 0 Å². The van der Waals surface area contributed by atoms with Crippen molar-refractivity contribution in [3.05, 3.63) is 30.0 Å². The SMILES string of the molecule is Cc1[nH]ncc1-c1nc(C2CCC(N)CC2)n(-c2ccnn2C)n1. The maximum Gasteiger partial charge on any atom is 0.185 e. The van der Waals surface area contributed by atoms with Crippen molar-refractivity contribution in [1.82, 2.24) is 34.7 Å². The maximum atomic E-state index is 6.06. The molecule has 0 aliphatic heterocycles. The Balaban J connectivity index is 1.80. The molecule has 8 heteroatoms. The number of hydrogen-bond acceptors (Lipinski definition) is 5. The molecule has 3 heterocycles. The van der Waals surface area contributed by atoms with Crippen LogP contribution < -0.4 is 5.73 Å². The molecule has 4 rings (SSSR count). The molecule has 1 aliphatic carbocycles. The average molecular weight is 326 g/mol. The van der Waals surface area contributed by atoms with Gasteiger partial charge in [-0.3, -0.25) is 9.78 Å². The van der Waals surface area contributed by atoms with Gasteiger partial charge in [-0.25, -0.2) is 4.98 Å². The number of nitrogens with two attached hydrogens (primary N) is 1. The van der Waals surface area contributed by atoms with Gasteiger partial charge in [-0.05, 0) is 32.6 Å². The summed E-state index contributed by atoms with van der Waals surface area (Å²) in [4.78, 5) is 4.87. The number of nitrogens with one attached hydrogen (secondary N) is 1. The Bertz CT molecular complexity index is 834. The Morgan fingerprint density at radius 2 is 2.04 bits per heavy atom. The number of rotatable bonds is 3. The van der Waals surface area contributed by atoms with Gasteiger partial charge in [0.15, 0.2) is 11.6 Å². The first kappa shape index (κ1) is 15.1. The fourth-order valence-electron chi connectivity index (χ4n) is 3.40. The first-order chi connectivity index (χ1) is 11.6. The molecule has 0 spiro atoms. The van der Waals surface area contributed by atoms with E-state index in [9.17, 15) is 0 Å². The molecular weight excluding hydrogens is 304 g/mol. The molecular formula is C16H22N8. The first-order valence-corrected chi connectivity index (χ1v) is 8.34. The number of aryl methyl sites for hydroxylation is 2. The summed E-state index contributed by atoms with van der Waals surface area (Å²) in [5.41, 5.74) is 7.97. The molecule has 1 fully saturated rings. The zero-order valence-corrected chi connectivity index (χ0v) is 14.0. The van der Waals surface area contributed by atoms with Crippen molar-refractivity contribution in [2.45, 2.75) is 44.6 Å². The van der Waals surface area contributed by atoms with E-state index < -0.39 is 0 Å². The molecule has 0 atom stereocenters. The first-order valence-electron chi connectivity index (χ1n) is 8.34. The van der Waals surface area contributed by atoms with Gasteiger partial charge in [0, 0.05) is 30.8 Å². The van der Waals surface area contributed by atoms with E-state index in [0.717, 1.165) is 48.6 Å². The average Bonchev–Trinajstić information content (AvgIpc) is 3.27. The molecule has 0 aromatic carbocycles. The monoisotopic (exact) mass is 326 g/mol. The van der Waals surface area contributed by atoms with Crippen LogP contribution in [0.15, 0.2) is 18.5 Å². The number of aromatic nitrogens is 7. The van der Waals surface area contributed by atoms with Gasteiger partial charge in [0.05, 0.1) is 18.0 Å². The lowest BCUT2D eigenvalue weighted by molar-refractivity contribution is 0.379. The highest BCUT2D eigenvalue weighted by Gasteiger charge is 2.27. The van der Waals surface area contributed by atoms with Gasteiger partial charge in [-0.15, -0.1) is 5.10 Å². The molecule has 8 nitrogen and oxygen atoms in total. The van der Waals surface area contributed by atoms with Crippen LogP contribution in [0.2, 0.25) is 0 Å². The second-order valence-corrected chi connectivity index (χ2v) is 6.54. The zero-order valence-electron chi connectivity index (χ0n) is 14.0. The summed E-state index contributed by atoms with van der Waals surface area (Å²) < 4.78 is 3.75. The van der Waals surface area contributed by atoms with Crippen LogP contribution in [0.1, 0.15) is 43.1 Å². The number of hydrogen-bond donors (Lipinski definition) is 2. The van der Waals surface area contributed by atoms with E-state index in [0.29, 0.717) is 17.8 Å². The summed E-state index contributed by atoms with van der Waals surface area (Å²) in [7, 11) is 1.92. The predicted molar refractivity (Wildman–Crippen MR) is 89.6 cm³/mol. The van der Waals surface area contributed by atoms with Crippen LogP contribution in [-0.4, -0.2) is 40.8 Å². The Morgan fingerprint density at radius 3 is 2.67 bits per heavy atom. The van der Waals surface area contributed by atoms with Crippen LogP contribution in [0.3, 0.4) is 0 Å². The Morgan fingerprint density at radius 1 is 1.25 bits per heavy atom. The third-order valence-corrected chi connectivity index (χ3v) is 4.85. The molecule has 0 unspecified atom stereocenters. The molecule has 0 bridgehead atoms. The Hall–Kier alpha value is -2.48. The second-order valence-electron chi connectivity index (χ2n) is 6.54. The van der Waals surface area contributed by atoms with Gasteiger partial charge < -0.3 is 5.73 Å². The van der Waals surface area contributed by atoms with Crippen LogP contribution in [0.25, 0.3) is 17.2 Å². The third kappa shape index (κ3) is 2.52. The van der Waals surface area contributed by atoms with Crippen LogP contribution in [0, 0.1) is 6.92 Å². The fraction of sp³-hybridized carbons (Fsp3) is 0.500. The van der Waals surface area contributed by atoms with Crippen molar-refractivity contribution in [1.29, 1.82) is 0 Å². The van der Waals surface area contributed by atoms with E-state index in [1.807, 2.05) is 29.4 Å². The highest BCUT2D eigenvalue weighted by atomic mass is 15.4.